The van der Waals surface area contributed by atoms with Crippen LogP contribution in [0.4, 0.5) is 4.39 Å². The fraction of sp³-hybridized carbons (Fsp3) is 0.364. The number of amides is 1. The number of carbonyl (C=O) groups is 1. The summed E-state index contributed by atoms with van der Waals surface area (Å²) in [6, 6.07) is 4.90. The van der Waals surface area contributed by atoms with Gasteiger partial charge in [-0.3, -0.25) is 4.79 Å². The van der Waals surface area contributed by atoms with Gasteiger partial charge in [-0.25, -0.2) is 4.39 Å². The second kappa shape index (κ2) is 4.31. The number of likely N-dealkylation sites (tertiary alicyclic amines) is 1. The van der Waals surface area contributed by atoms with Gasteiger partial charge in [0.05, 0.1) is 4.47 Å². The van der Waals surface area contributed by atoms with Gasteiger partial charge in [-0.1, -0.05) is 12.1 Å². The van der Waals surface area contributed by atoms with Crippen molar-refractivity contribution in [2.45, 2.75) is 19.4 Å². The first-order chi connectivity index (χ1) is 7.18. The molecule has 0 N–H and O–H groups in total. The summed E-state index contributed by atoms with van der Waals surface area (Å²) in [5.41, 5.74) is 0.824. The molecule has 1 aromatic rings. The minimum Gasteiger partial charge on any atom is -0.338 e. The fourth-order valence-corrected chi connectivity index (χ4v) is 2.14. The van der Waals surface area contributed by atoms with Gasteiger partial charge in [0, 0.05) is 19.5 Å². The van der Waals surface area contributed by atoms with E-state index in [0.29, 0.717) is 17.4 Å². The summed E-state index contributed by atoms with van der Waals surface area (Å²) in [7, 11) is 0. The van der Waals surface area contributed by atoms with Crippen molar-refractivity contribution >= 4 is 21.8 Å². The van der Waals surface area contributed by atoms with Gasteiger partial charge in [0.2, 0.25) is 5.91 Å². The summed E-state index contributed by atoms with van der Waals surface area (Å²) in [6.07, 6.45) is 1.53. The molecule has 1 aliphatic rings. The minimum atomic E-state index is -0.279. The Labute approximate surface area is 96.2 Å². The summed E-state index contributed by atoms with van der Waals surface area (Å²) in [4.78, 5) is 13.2. The lowest BCUT2D eigenvalue weighted by molar-refractivity contribution is -0.128. The van der Waals surface area contributed by atoms with E-state index in [1.807, 2.05) is 6.07 Å². The lowest BCUT2D eigenvalue weighted by Gasteiger charge is -2.16. The maximum Gasteiger partial charge on any atom is 0.222 e. The number of hydrogen-bond acceptors (Lipinski definition) is 1. The Morgan fingerprint density at radius 2 is 2.27 bits per heavy atom. The second-order valence-electron chi connectivity index (χ2n) is 3.63. The van der Waals surface area contributed by atoms with Gasteiger partial charge in [0.25, 0.3) is 0 Å². The van der Waals surface area contributed by atoms with Crippen LogP contribution in [0, 0.1) is 5.82 Å². The molecular weight excluding hydrogens is 261 g/mol. The monoisotopic (exact) mass is 271 g/mol. The molecule has 4 heteroatoms. The number of halogens is 2. The van der Waals surface area contributed by atoms with Crippen LogP contribution >= 0.6 is 15.9 Å². The number of hydrogen-bond donors (Lipinski definition) is 0. The SMILES string of the molecule is O=C1CCCN1Cc1cccc(F)c1Br. The van der Waals surface area contributed by atoms with Gasteiger partial charge in [0.15, 0.2) is 0 Å². The fourth-order valence-electron chi connectivity index (χ4n) is 1.75. The van der Waals surface area contributed by atoms with Crippen LogP contribution in [0.1, 0.15) is 18.4 Å². The minimum absolute atomic E-state index is 0.158. The zero-order valence-electron chi connectivity index (χ0n) is 8.17. The molecule has 0 atom stereocenters. The molecule has 0 aliphatic carbocycles. The summed E-state index contributed by atoms with van der Waals surface area (Å²) in [5.74, 6) is -0.120. The Kier molecular flexibility index (Phi) is 3.05. The number of nitrogens with zero attached hydrogens (tertiary/aromatic N) is 1. The normalized spacial score (nSPS) is 16.1. The van der Waals surface area contributed by atoms with Gasteiger partial charge in [0.1, 0.15) is 5.82 Å². The maximum absolute atomic E-state index is 13.2. The van der Waals surface area contributed by atoms with Crippen LogP contribution in [0.5, 0.6) is 0 Å². The summed E-state index contributed by atoms with van der Waals surface area (Å²) in [6.45, 7) is 1.28. The van der Waals surface area contributed by atoms with Crippen molar-refractivity contribution in [2.24, 2.45) is 0 Å². The van der Waals surface area contributed by atoms with E-state index in [2.05, 4.69) is 15.9 Å². The molecule has 0 unspecified atom stereocenters. The van der Waals surface area contributed by atoms with Gasteiger partial charge in [-0.2, -0.15) is 0 Å². The molecule has 1 saturated heterocycles. The molecule has 0 saturated carbocycles. The van der Waals surface area contributed by atoms with Crippen molar-refractivity contribution in [1.82, 2.24) is 4.90 Å². The molecule has 2 nitrogen and oxygen atoms in total. The highest BCUT2D eigenvalue weighted by atomic mass is 79.9. The lowest BCUT2D eigenvalue weighted by atomic mass is 10.2. The summed E-state index contributed by atoms with van der Waals surface area (Å²) < 4.78 is 13.7. The standard InChI is InChI=1S/C11H11BrFNO/c12-11-8(3-1-4-9(11)13)7-14-6-2-5-10(14)15/h1,3-4H,2,5-7H2. The van der Waals surface area contributed by atoms with E-state index >= 15 is 0 Å². The average molecular weight is 272 g/mol. The molecule has 0 bridgehead atoms. The highest BCUT2D eigenvalue weighted by molar-refractivity contribution is 9.10. The van der Waals surface area contributed by atoms with Crippen LogP contribution in [0.2, 0.25) is 0 Å². The predicted octanol–water partition coefficient (Wildman–Crippen LogP) is 2.71. The van der Waals surface area contributed by atoms with Crippen LogP contribution < -0.4 is 0 Å². The predicted molar refractivity (Wildman–Crippen MR) is 58.8 cm³/mol. The van der Waals surface area contributed by atoms with Crippen molar-refractivity contribution in [3.05, 3.63) is 34.1 Å². The number of carbonyl (C=O) groups excluding carboxylic acids is 1. The average Bonchev–Trinajstić information content (AvgIpc) is 2.60. The van der Waals surface area contributed by atoms with Crippen molar-refractivity contribution < 1.29 is 9.18 Å². The largest absolute Gasteiger partial charge is 0.338 e. The first kappa shape index (κ1) is 10.6. The smallest absolute Gasteiger partial charge is 0.222 e. The van der Waals surface area contributed by atoms with Crippen molar-refractivity contribution in [3.63, 3.8) is 0 Å². The van der Waals surface area contributed by atoms with Crippen molar-refractivity contribution in [2.75, 3.05) is 6.54 Å². The third kappa shape index (κ3) is 2.20. The van der Waals surface area contributed by atoms with Crippen molar-refractivity contribution in [1.29, 1.82) is 0 Å². The molecule has 1 aliphatic heterocycles. The zero-order valence-corrected chi connectivity index (χ0v) is 9.76. The Morgan fingerprint density at radius 1 is 1.47 bits per heavy atom. The highest BCUT2D eigenvalue weighted by Gasteiger charge is 2.21. The molecule has 0 spiro atoms. The molecule has 0 aromatic heterocycles. The molecule has 1 heterocycles. The van der Waals surface area contributed by atoms with Crippen molar-refractivity contribution in [3.8, 4) is 0 Å². The van der Waals surface area contributed by atoms with E-state index in [4.69, 9.17) is 0 Å². The quantitative estimate of drug-likeness (QED) is 0.810. The third-order valence-corrected chi connectivity index (χ3v) is 3.45. The van der Waals surface area contributed by atoms with Gasteiger partial charge >= 0.3 is 0 Å². The van der Waals surface area contributed by atoms with Crippen LogP contribution in [0.25, 0.3) is 0 Å². The van der Waals surface area contributed by atoms with E-state index in [9.17, 15) is 9.18 Å². The summed E-state index contributed by atoms with van der Waals surface area (Å²) in [5, 5.41) is 0. The molecule has 1 fully saturated rings. The van der Waals surface area contributed by atoms with Gasteiger partial charge < -0.3 is 4.90 Å². The molecular formula is C11H11BrFNO. The van der Waals surface area contributed by atoms with Gasteiger partial charge in [-0.15, -0.1) is 0 Å². The van der Waals surface area contributed by atoms with E-state index in [-0.39, 0.29) is 11.7 Å². The van der Waals surface area contributed by atoms with Gasteiger partial charge in [-0.05, 0) is 34.0 Å². The lowest BCUT2D eigenvalue weighted by Crippen LogP contribution is -2.24. The van der Waals surface area contributed by atoms with Crippen LogP contribution in [-0.4, -0.2) is 17.4 Å². The second-order valence-corrected chi connectivity index (χ2v) is 4.42. The first-order valence-electron chi connectivity index (χ1n) is 4.89. The van der Waals surface area contributed by atoms with Crippen LogP contribution in [-0.2, 0) is 11.3 Å². The topological polar surface area (TPSA) is 20.3 Å². The molecule has 0 radical (unpaired) electrons. The molecule has 1 aromatic carbocycles. The zero-order chi connectivity index (χ0) is 10.8. The van der Waals surface area contributed by atoms with Crippen LogP contribution in [0.3, 0.4) is 0 Å². The number of benzene rings is 1. The van der Waals surface area contributed by atoms with E-state index in [0.717, 1.165) is 18.5 Å². The first-order valence-corrected chi connectivity index (χ1v) is 5.68. The summed E-state index contributed by atoms with van der Waals surface area (Å²) >= 11 is 3.19. The Morgan fingerprint density at radius 3 is 2.93 bits per heavy atom. The van der Waals surface area contributed by atoms with E-state index < -0.39 is 0 Å². The number of rotatable bonds is 2. The van der Waals surface area contributed by atoms with Crippen LogP contribution in [0.15, 0.2) is 22.7 Å². The van der Waals surface area contributed by atoms with E-state index in [1.54, 1.807) is 11.0 Å². The Hall–Kier alpha value is -0.900. The van der Waals surface area contributed by atoms with E-state index in [1.165, 1.54) is 6.07 Å². The maximum atomic E-state index is 13.2. The Balaban J connectivity index is 2.17. The molecule has 1 amide bonds. The molecule has 2 rings (SSSR count). The molecule has 15 heavy (non-hydrogen) atoms. The third-order valence-electron chi connectivity index (χ3n) is 2.56. The molecule has 80 valence electrons. The Bertz CT molecular complexity index is 394. The highest BCUT2D eigenvalue weighted by Crippen LogP contribution is 2.23.